The molecule has 0 atom stereocenters. The zero-order valence-electron chi connectivity index (χ0n) is 8.82. The van der Waals surface area contributed by atoms with Crippen molar-refractivity contribution in [2.24, 2.45) is 5.41 Å². The van der Waals surface area contributed by atoms with E-state index in [-0.39, 0.29) is 11.3 Å². The number of halogens is 1. The van der Waals surface area contributed by atoms with E-state index in [1.807, 2.05) is 20.8 Å². The molecule has 0 rings (SSSR count). The van der Waals surface area contributed by atoms with Crippen LogP contribution in [0.4, 0.5) is 0 Å². The predicted molar refractivity (Wildman–Crippen MR) is 60.1 cm³/mol. The van der Waals surface area contributed by atoms with E-state index < -0.39 is 0 Å². The Morgan fingerprint density at radius 3 is 2.31 bits per heavy atom. The number of amides is 1. The number of hydrogen-bond acceptors (Lipinski definition) is 1. The number of hydrogen-bond donors (Lipinski definition) is 1. The van der Waals surface area contributed by atoms with Crippen molar-refractivity contribution < 1.29 is 4.79 Å². The van der Waals surface area contributed by atoms with Crippen molar-refractivity contribution in [1.29, 1.82) is 0 Å². The molecular formula is C10H20BrNO. The fraction of sp³-hybridized carbons (Fsp3) is 0.900. The largest absolute Gasteiger partial charge is 0.356 e. The van der Waals surface area contributed by atoms with Gasteiger partial charge in [-0.1, -0.05) is 43.1 Å². The molecule has 2 nitrogen and oxygen atoms in total. The van der Waals surface area contributed by atoms with E-state index in [9.17, 15) is 4.79 Å². The Hall–Kier alpha value is -0.0500. The summed E-state index contributed by atoms with van der Waals surface area (Å²) in [7, 11) is 0. The number of rotatable bonds is 5. The van der Waals surface area contributed by atoms with Crippen molar-refractivity contribution >= 4 is 21.8 Å². The minimum Gasteiger partial charge on any atom is -0.356 e. The lowest BCUT2D eigenvalue weighted by molar-refractivity contribution is -0.128. The summed E-state index contributed by atoms with van der Waals surface area (Å²) in [5.41, 5.74) is -0.255. The average Bonchev–Trinajstić information content (AvgIpc) is 2.02. The highest BCUT2D eigenvalue weighted by atomic mass is 79.9. The Morgan fingerprint density at radius 1 is 1.23 bits per heavy atom. The lowest BCUT2D eigenvalue weighted by Gasteiger charge is -2.17. The summed E-state index contributed by atoms with van der Waals surface area (Å²) in [5, 5.41) is 3.98. The van der Waals surface area contributed by atoms with Crippen LogP contribution in [0.2, 0.25) is 0 Å². The van der Waals surface area contributed by atoms with Gasteiger partial charge in [0, 0.05) is 17.3 Å². The molecule has 0 fully saturated rings. The van der Waals surface area contributed by atoms with E-state index in [0.717, 1.165) is 18.3 Å². The molecule has 0 heterocycles. The zero-order valence-corrected chi connectivity index (χ0v) is 10.4. The first kappa shape index (κ1) is 12.9. The number of alkyl halides is 1. The second-order valence-electron chi connectivity index (χ2n) is 4.26. The quantitative estimate of drug-likeness (QED) is 0.590. The van der Waals surface area contributed by atoms with Crippen LogP contribution in [0.3, 0.4) is 0 Å². The second kappa shape index (κ2) is 6.41. The van der Waals surface area contributed by atoms with Crippen molar-refractivity contribution in [3.8, 4) is 0 Å². The third-order valence-corrected chi connectivity index (χ3v) is 2.34. The van der Waals surface area contributed by atoms with Gasteiger partial charge < -0.3 is 5.32 Å². The molecule has 0 saturated carbocycles. The molecule has 0 aromatic heterocycles. The highest BCUT2D eigenvalue weighted by Crippen LogP contribution is 2.12. The highest BCUT2D eigenvalue weighted by molar-refractivity contribution is 9.09. The summed E-state index contributed by atoms with van der Waals surface area (Å²) in [4.78, 5) is 11.4. The zero-order chi connectivity index (χ0) is 10.3. The van der Waals surface area contributed by atoms with Gasteiger partial charge in [0.25, 0.3) is 0 Å². The molecule has 0 saturated heterocycles. The Morgan fingerprint density at radius 2 is 1.85 bits per heavy atom. The van der Waals surface area contributed by atoms with Crippen molar-refractivity contribution in [2.45, 2.75) is 40.0 Å². The van der Waals surface area contributed by atoms with E-state index in [1.54, 1.807) is 0 Å². The molecule has 0 spiro atoms. The fourth-order valence-corrected chi connectivity index (χ4v) is 1.26. The van der Waals surface area contributed by atoms with E-state index >= 15 is 0 Å². The SMILES string of the molecule is CC(C)(C)C(=O)NCCCCCBr. The van der Waals surface area contributed by atoms with Gasteiger partial charge in [-0.15, -0.1) is 0 Å². The smallest absolute Gasteiger partial charge is 0.225 e. The molecule has 0 radical (unpaired) electrons. The van der Waals surface area contributed by atoms with Crippen molar-refractivity contribution in [2.75, 3.05) is 11.9 Å². The monoisotopic (exact) mass is 249 g/mol. The predicted octanol–water partition coefficient (Wildman–Crippen LogP) is 2.71. The molecule has 0 bridgehead atoms. The summed E-state index contributed by atoms with van der Waals surface area (Å²) in [6.45, 7) is 6.60. The Kier molecular flexibility index (Phi) is 6.39. The summed E-state index contributed by atoms with van der Waals surface area (Å²) in [6, 6.07) is 0. The summed E-state index contributed by atoms with van der Waals surface area (Å²) in [5.74, 6) is 0.145. The van der Waals surface area contributed by atoms with Gasteiger partial charge in [0.1, 0.15) is 0 Å². The number of carbonyl (C=O) groups excluding carboxylic acids is 1. The number of unbranched alkanes of at least 4 members (excludes halogenated alkanes) is 2. The van der Waals surface area contributed by atoms with E-state index in [1.165, 1.54) is 12.8 Å². The van der Waals surface area contributed by atoms with E-state index in [2.05, 4.69) is 21.2 Å². The maximum Gasteiger partial charge on any atom is 0.225 e. The number of nitrogens with one attached hydrogen (secondary N) is 1. The molecule has 0 aliphatic heterocycles. The molecule has 78 valence electrons. The van der Waals surface area contributed by atoms with Crippen LogP contribution in [0.5, 0.6) is 0 Å². The molecule has 13 heavy (non-hydrogen) atoms. The van der Waals surface area contributed by atoms with Gasteiger partial charge in [-0.3, -0.25) is 4.79 Å². The maximum absolute atomic E-state index is 11.4. The van der Waals surface area contributed by atoms with Gasteiger partial charge >= 0.3 is 0 Å². The van der Waals surface area contributed by atoms with Gasteiger partial charge in [0.2, 0.25) is 5.91 Å². The van der Waals surface area contributed by atoms with Gasteiger partial charge in [0.05, 0.1) is 0 Å². The van der Waals surface area contributed by atoms with Crippen LogP contribution in [0.15, 0.2) is 0 Å². The van der Waals surface area contributed by atoms with Gasteiger partial charge in [0.15, 0.2) is 0 Å². The van der Waals surface area contributed by atoms with Crippen LogP contribution in [-0.4, -0.2) is 17.8 Å². The second-order valence-corrected chi connectivity index (χ2v) is 5.05. The first-order valence-corrected chi connectivity index (χ1v) is 5.95. The molecule has 0 aliphatic rings. The maximum atomic E-state index is 11.4. The molecule has 0 aromatic rings. The molecule has 0 unspecified atom stereocenters. The van der Waals surface area contributed by atoms with Crippen LogP contribution in [-0.2, 0) is 4.79 Å². The Balaban J connectivity index is 3.38. The third kappa shape index (κ3) is 7.05. The van der Waals surface area contributed by atoms with Crippen LogP contribution >= 0.6 is 15.9 Å². The minimum atomic E-state index is -0.255. The van der Waals surface area contributed by atoms with Crippen LogP contribution in [0.25, 0.3) is 0 Å². The third-order valence-electron chi connectivity index (χ3n) is 1.78. The molecular weight excluding hydrogens is 230 g/mol. The molecule has 1 N–H and O–H groups in total. The highest BCUT2D eigenvalue weighted by Gasteiger charge is 2.19. The molecule has 0 aromatic carbocycles. The van der Waals surface area contributed by atoms with Crippen LogP contribution in [0.1, 0.15) is 40.0 Å². The lowest BCUT2D eigenvalue weighted by atomic mass is 9.96. The molecule has 0 aliphatic carbocycles. The first-order chi connectivity index (χ1) is 5.98. The average molecular weight is 250 g/mol. The van der Waals surface area contributed by atoms with Gasteiger partial charge in [-0.25, -0.2) is 0 Å². The Bertz CT molecular complexity index is 151. The van der Waals surface area contributed by atoms with Crippen molar-refractivity contribution in [3.05, 3.63) is 0 Å². The summed E-state index contributed by atoms with van der Waals surface area (Å²) >= 11 is 3.37. The van der Waals surface area contributed by atoms with Crippen molar-refractivity contribution in [3.63, 3.8) is 0 Å². The molecule has 1 amide bonds. The first-order valence-electron chi connectivity index (χ1n) is 4.82. The normalized spacial score (nSPS) is 11.4. The van der Waals surface area contributed by atoms with Gasteiger partial charge in [-0.2, -0.15) is 0 Å². The summed E-state index contributed by atoms with van der Waals surface area (Å²) < 4.78 is 0. The fourth-order valence-electron chi connectivity index (χ4n) is 0.863. The van der Waals surface area contributed by atoms with Crippen LogP contribution < -0.4 is 5.32 Å². The van der Waals surface area contributed by atoms with Crippen LogP contribution in [0, 0.1) is 5.41 Å². The molecule has 3 heteroatoms. The van der Waals surface area contributed by atoms with E-state index in [0.29, 0.717) is 0 Å². The Labute approximate surface area is 89.6 Å². The van der Waals surface area contributed by atoms with Crippen molar-refractivity contribution in [1.82, 2.24) is 5.32 Å². The number of carbonyl (C=O) groups is 1. The topological polar surface area (TPSA) is 29.1 Å². The summed E-state index contributed by atoms with van der Waals surface area (Å²) in [6.07, 6.45) is 3.44. The van der Waals surface area contributed by atoms with Gasteiger partial charge in [-0.05, 0) is 12.8 Å². The lowest BCUT2D eigenvalue weighted by Crippen LogP contribution is -2.35. The standard InChI is InChI=1S/C10H20BrNO/c1-10(2,3)9(13)12-8-6-4-5-7-11/h4-8H2,1-3H3,(H,12,13). The minimum absolute atomic E-state index is 0.145. The van der Waals surface area contributed by atoms with E-state index in [4.69, 9.17) is 0 Å².